The highest BCUT2D eigenvalue weighted by molar-refractivity contribution is 5.60. The number of carbonyl (C=O) groups excluding carboxylic acids is 1. The number of aromatic nitrogens is 6. The van der Waals surface area contributed by atoms with Gasteiger partial charge in [-0.2, -0.15) is 5.10 Å². The van der Waals surface area contributed by atoms with Crippen LogP contribution >= 0.6 is 0 Å². The van der Waals surface area contributed by atoms with E-state index in [-0.39, 0.29) is 6.61 Å². The van der Waals surface area contributed by atoms with Crippen molar-refractivity contribution in [1.82, 2.24) is 30.0 Å². The highest BCUT2D eigenvalue weighted by Gasteiger charge is 2.33. The van der Waals surface area contributed by atoms with E-state index in [0.29, 0.717) is 5.82 Å². The number of ether oxygens (including phenoxy) is 2. The molecule has 0 fully saturated rings. The Morgan fingerprint density at radius 3 is 2.62 bits per heavy atom. The summed E-state index contributed by atoms with van der Waals surface area (Å²) in [6.45, 7) is 9.74. The Hall–Kier alpha value is -2.45. The van der Waals surface area contributed by atoms with E-state index in [4.69, 9.17) is 9.47 Å². The highest BCUT2D eigenvalue weighted by Crippen LogP contribution is 2.31. The summed E-state index contributed by atoms with van der Waals surface area (Å²) in [6, 6.07) is 0. The van der Waals surface area contributed by atoms with Gasteiger partial charge in [-0.3, -0.25) is 4.68 Å². The number of aryl methyl sites for hydroxylation is 2. The summed E-state index contributed by atoms with van der Waals surface area (Å²) >= 11 is 0. The van der Waals surface area contributed by atoms with Gasteiger partial charge < -0.3 is 9.47 Å². The maximum atomic E-state index is 11.7. The monoisotopic (exact) mass is 336 g/mol. The van der Waals surface area contributed by atoms with Gasteiger partial charge in [0, 0.05) is 18.0 Å². The van der Waals surface area contributed by atoms with Crippen LogP contribution in [0.4, 0.5) is 4.79 Å². The molecule has 1 atom stereocenters. The molecule has 2 heterocycles. The van der Waals surface area contributed by atoms with E-state index < -0.39 is 17.8 Å². The van der Waals surface area contributed by atoms with Gasteiger partial charge >= 0.3 is 6.16 Å². The summed E-state index contributed by atoms with van der Waals surface area (Å²) in [7, 11) is 1.82. The lowest BCUT2D eigenvalue weighted by atomic mass is 9.94. The summed E-state index contributed by atoms with van der Waals surface area (Å²) in [6.07, 6.45) is 1.09. The van der Waals surface area contributed by atoms with E-state index in [1.807, 2.05) is 34.7 Å². The minimum absolute atomic E-state index is 0.237. The van der Waals surface area contributed by atoms with E-state index in [2.05, 4.69) is 20.5 Å². The van der Waals surface area contributed by atoms with Gasteiger partial charge in [-0.05, 0) is 18.6 Å². The molecule has 2 rings (SSSR count). The molecule has 0 aliphatic carbocycles. The molecule has 0 aliphatic rings. The Kier molecular flexibility index (Phi) is 5.20. The average Bonchev–Trinajstić information content (AvgIpc) is 3.09. The predicted molar refractivity (Wildman–Crippen MR) is 86.0 cm³/mol. The van der Waals surface area contributed by atoms with Gasteiger partial charge in [0.1, 0.15) is 5.69 Å². The lowest BCUT2D eigenvalue weighted by Gasteiger charge is -2.27. The van der Waals surface area contributed by atoms with Gasteiger partial charge in [0.05, 0.1) is 12.8 Å². The second-order valence-corrected chi connectivity index (χ2v) is 6.45. The van der Waals surface area contributed by atoms with Crippen molar-refractivity contribution < 1.29 is 14.3 Å². The van der Waals surface area contributed by atoms with Crippen LogP contribution in [0, 0.1) is 5.41 Å². The first-order chi connectivity index (χ1) is 11.3. The smallest absolute Gasteiger partial charge is 0.435 e. The van der Waals surface area contributed by atoms with Gasteiger partial charge in [0.2, 0.25) is 12.1 Å². The van der Waals surface area contributed by atoms with Crippen LogP contribution < -0.4 is 0 Å². The molecule has 9 nitrogen and oxygen atoms in total. The molecule has 2 aromatic rings. The molecule has 132 valence electrons. The summed E-state index contributed by atoms with van der Waals surface area (Å²) in [5.41, 5.74) is 1.38. The lowest BCUT2D eigenvalue weighted by molar-refractivity contribution is -0.0681. The van der Waals surface area contributed by atoms with Crippen LogP contribution in [-0.2, 0) is 22.9 Å². The quantitative estimate of drug-likeness (QED) is 0.773. The molecule has 0 radical (unpaired) electrons. The molecule has 1 unspecified atom stereocenters. The molecule has 0 saturated heterocycles. The number of rotatable bonds is 5. The first-order valence-electron chi connectivity index (χ1n) is 7.92. The van der Waals surface area contributed by atoms with Gasteiger partial charge in [-0.1, -0.05) is 27.7 Å². The number of hydrogen-bond donors (Lipinski definition) is 0. The zero-order valence-corrected chi connectivity index (χ0v) is 15.0. The Bertz CT molecular complexity index is 700. The summed E-state index contributed by atoms with van der Waals surface area (Å²) < 4.78 is 11.9. The van der Waals surface area contributed by atoms with Crippen molar-refractivity contribution >= 4 is 6.16 Å². The van der Waals surface area contributed by atoms with Crippen LogP contribution in [0.5, 0.6) is 0 Å². The molecular weight excluding hydrogens is 312 g/mol. The first-order valence-corrected chi connectivity index (χ1v) is 7.92. The Morgan fingerprint density at radius 1 is 1.33 bits per heavy atom. The molecule has 0 spiro atoms. The molecule has 2 aromatic heterocycles. The van der Waals surface area contributed by atoms with Gasteiger partial charge in [0.15, 0.2) is 0 Å². The number of hydrogen-bond acceptors (Lipinski definition) is 7. The molecule has 0 N–H and O–H groups in total. The molecule has 0 saturated carbocycles. The van der Waals surface area contributed by atoms with E-state index in [9.17, 15) is 4.79 Å². The molecule has 0 aromatic carbocycles. The maximum absolute atomic E-state index is 11.7. The van der Waals surface area contributed by atoms with E-state index >= 15 is 0 Å². The molecule has 0 bridgehead atoms. The van der Waals surface area contributed by atoms with Crippen molar-refractivity contribution in [3.63, 3.8) is 0 Å². The topological polar surface area (TPSA) is 97.0 Å². The largest absolute Gasteiger partial charge is 0.510 e. The van der Waals surface area contributed by atoms with Crippen LogP contribution in [-0.4, -0.2) is 42.7 Å². The van der Waals surface area contributed by atoms with E-state index in [0.717, 1.165) is 17.7 Å². The van der Waals surface area contributed by atoms with Crippen molar-refractivity contribution in [1.29, 1.82) is 0 Å². The molecule has 24 heavy (non-hydrogen) atoms. The summed E-state index contributed by atoms with van der Waals surface area (Å²) in [4.78, 5) is 13.0. The zero-order chi connectivity index (χ0) is 17.9. The van der Waals surface area contributed by atoms with Gasteiger partial charge in [-0.25, -0.2) is 4.79 Å². The van der Waals surface area contributed by atoms with Crippen molar-refractivity contribution in [2.24, 2.45) is 12.5 Å². The lowest BCUT2D eigenvalue weighted by Crippen LogP contribution is -2.31. The van der Waals surface area contributed by atoms with E-state index in [1.165, 1.54) is 4.80 Å². The van der Waals surface area contributed by atoms with Crippen LogP contribution in [0.1, 0.15) is 46.4 Å². The predicted octanol–water partition coefficient (Wildman–Crippen LogP) is 2.35. The van der Waals surface area contributed by atoms with Gasteiger partial charge in [-0.15, -0.1) is 15.0 Å². The molecule has 9 heteroatoms. The Labute approximate surface area is 140 Å². The third-order valence-electron chi connectivity index (χ3n) is 3.46. The van der Waals surface area contributed by atoms with Gasteiger partial charge in [0.25, 0.3) is 0 Å². The molecule has 0 amide bonds. The minimum atomic E-state index is -0.758. The second kappa shape index (κ2) is 6.98. The SMILES string of the molecule is CCOC(=O)OC(n1nnc(-c2c(CC)cnn2C)n1)C(C)(C)C. The minimum Gasteiger partial charge on any atom is -0.435 e. The Morgan fingerprint density at radius 2 is 2.04 bits per heavy atom. The zero-order valence-electron chi connectivity index (χ0n) is 15.0. The standard InChI is InChI=1S/C15H24N6O3/c1-7-10-9-16-20(6)11(10)12-17-19-21(18-12)13(15(3,4)5)24-14(22)23-8-2/h9,13H,7-8H2,1-6H3. The third-order valence-corrected chi connectivity index (χ3v) is 3.46. The second-order valence-electron chi connectivity index (χ2n) is 6.45. The number of tetrazole rings is 1. The first kappa shape index (κ1) is 17.9. The van der Waals surface area contributed by atoms with Crippen molar-refractivity contribution in [3.8, 4) is 11.5 Å². The van der Waals surface area contributed by atoms with Crippen LogP contribution in [0.3, 0.4) is 0 Å². The van der Waals surface area contributed by atoms with Crippen molar-refractivity contribution in [3.05, 3.63) is 11.8 Å². The number of carbonyl (C=O) groups is 1. The van der Waals surface area contributed by atoms with Crippen LogP contribution in [0.2, 0.25) is 0 Å². The summed E-state index contributed by atoms with van der Waals surface area (Å²) in [5.74, 6) is 0.438. The Balaban J connectivity index is 2.34. The molecular formula is C15H24N6O3. The fourth-order valence-electron chi connectivity index (χ4n) is 2.26. The fraction of sp³-hybridized carbons (Fsp3) is 0.667. The fourth-order valence-corrected chi connectivity index (χ4v) is 2.26. The summed E-state index contributed by atoms with van der Waals surface area (Å²) in [5, 5.41) is 16.8. The van der Waals surface area contributed by atoms with E-state index in [1.54, 1.807) is 17.8 Å². The molecule has 0 aliphatic heterocycles. The van der Waals surface area contributed by atoms with Crippen LogP contribution in [0.25, 0.3) is 11.5 Å². The van der Waals surface area contributed by atoms with Crippen molar-refractivity contribution in [2.75, 3.05) is 6.61 Å². The highest BCUT2D eigenvalue weighted by atomic mass is 16.7. The maximum Gasteiger partial charge on any atom is 0.510 e. The van der Waals surface area contributed by atoms with Crippen LogP contribution in [0.15, 0.2) is 6.20 Å². The third kappa shape index (κ3) is 3.72. The van der Waals surface area contributed by atoms with Crippen molar-refractivity contribution in [2.45, 2.75) is 47.3 Å². The number of nitrogens with zero attached hydrogens (tertiary/aromatic N) is 6. The normalized spacial score (nSPS) is 12.9. The average molecular weight is 336 g/mol.